The number of halogens is 1. The third kappa shape index (κ3) is 4.08. The number of rotatable bonds is 6. The third-order valence-electron chi connectivity index (χ3n) is 5.17. The van der Waals surface area contributed by atoms with E-state index in [1.807, 2.05) is 22.9 Å². The van der Waals surface area contributed by atoms with Crippen LogP contribution in [0.15, 0.2) is 65.9 Å². The van der Waals surface area contributed by atoms with E-state index in [0.717, 1.165) is 17.5 Å². The van der Waals surface area contributed by atoms with Crippen molar-refractivity contribution in [3.05, 3.63) is 92.6 Å². The summed E-state index contributed by atoms with van der Waals surface area (Å²) in [5.74, 6) is -0.616. The molecule has 3 heterocycles. The summed E-state index contributed by atoms with van der Waals surface area (Å²) in [6, 6.07) is 11.6. The SMILES string of the molecule is C=CCN(CC(=O)N1CCc2sccc2C1c1ccc(F)cc1)C(=O)c1cccs1. The number of amides is 2. The lowest BCUT2D eigenvalue weighted by atomic mass is 9.93. The summed E-state index contributed by atoms with van der Waals surface area (Å²) < 4.78 is 13.5. The van der Waals surface area contributed by atoms with Gasteiger partial charge < -0.3 is 9.80 Å². The molecular weight excluding hydrogens is 419 g/mol. The van der Waals surface area contributed by atoms with Crippen molar-refractivity contribution in [3.8, 4) is 0 Å². The normalized spacial score (nSPS) is 15.5. The van der Waals surface area contributed by atoms with Crippen LogP contribution < -0.4 is 0 Å². The molecule has 1 unspecified atom stereocenters. The van der Waals surface area contributed by atoms with Crippen molar-refractivity contribution in [2.24, 2.45) is 0 Å². The van der Waals surface area contributed by atoms with Gasteiger partial charge in [0.05, 0.1) is 10.9 Å². The Bertz CT molecular complexity index is 1040. The molecule has 7 heteroatoms. The van der Waals surface area contributed by atoms with Crippen molar-refractivity contribution < 1.29 is 14.0 Å². The zero-order valence-corrected chi connectivity index (χ0v) is 17.9. The predicted molar refractivity (Wildman–Crippen MR) is 118 cm³/mol. The molecule has 4 nitrogen and oxygen atoms in total. The topological polar surface area (TPSA) is 40.6 Å². The molecule has 0 spiro atoms. The Hall–Kier alpha value is -2.77. The fourth-order valence-electron chi connectivity index (χ4n) is 3.77. The van der Waals surface area contributed by atoms with Crippen LogP contribution in [0.25, 0.3) is 0 Å². The quantitative estimate of drug-likeness (QED) is 0.519. The van der Waals surface area contributed by atoms with Crippen LogP contribution in [0, 0.1) is 5.82 Å². The zero-order valence-electron chi connectivity index (χ0n) is 16.3. The van der Waals surface area contributed by atoms with Gasteiger partial charge in [0.15, 0.2) is 0 Å². The highest BCUT2D eigenvalue weighted by Crippen LogP contribution is 2.38. The second kappa shape index (κ2) is 8.93. The smallest absolute Gasteiger partial charge is 0.264 e. The molecule has 1 aromatic carbocycles. The molecule has 1 aliphatic rings. The monoisotopic (exact) mass is 440 g/mol. The lowest BCUT2D eigenvalue weighted by Gasteiger charge is -2.37. The summed E-state index contributed by atoms with van der Waals surface area (Å²) >= 11 is 3.03. The van der Waals surface area contributed by atoms with Gasteiger partial charge in [-0.1, -0.05) is 24.3 Å². The van der Waals surface area contributed by atoms with Gasteiger partial charge in [-0.2, -0.15) is 0 Å². The largest absolute Gasteiger partial charge is 0.330 e. The lowest BCUT2D eigenvalue weighted by molar-refractivity contribution is -0.133. The van der Waals surface area contributed by atoms with Gasteiger partial charge >= 0.3 is 0 Å². The van der Waals surface area contributed by atoms with Crippen molar-refractivity contribution in [3.63, 3.8) is 0 Å². The summed E-state index contributed by atoms with van der Waals surface area (Å²) in [4.78, 5) is 31.4. The van der Waals surface area contributed by atoms with E-state index in [9.17, 15) is 14.0 Å². The number of carbonyl (C=O) groups is 2. The van der Waals surface area contributed by atoms with E-state index in [0.29, 0.717) is 18.0 Å². The van der Waals surface area contributed by atoms with Crippen LogP contribution in [0.5, 0.6) is 0 Å². The van der Waals surface area contributed by atoms with Gasteiger partial charge in [0, 0.05) is 18.0 Å². The van der Waals surface area contributed by atoms with Crippen LogP contribution in [-0.4, -0.2) is 41.2 Å². The first-order valence-electron chi connectivity index (χ1n) is 9.63. The molecule has 1 aliphatic heterocycles. The molecule has 1 atom stereocenters. The summed E-state index contributed by atoms with van der Waals surface area (Å²) in [5, 5.41) is 3.87. The Labute approximate surface area is 182 Å². The van der Waals surface area contributed by atoms with Crippen molar-refractivity contribution in [2.45, 2.75) is 12.5 Å². The zero-order chi connectivity index (χ0) is 21.1. The summed E-state index contributed by atoms with van der Waals surface area (Å²) in [7, 11) is 0. The fraction of sp³-hybridized carbons (Fsp3) is 0.217. The van der Waals surface area contributed by atoms with Crippen molar-refractivity contribution in [2.75, 3.05) is 19.6 Å². The van der Waals surface area contributed by atoms with E-state index < -0.39 is 0 Å². The van der Waals surface area contributed by atoms with E-state index in [-0.39, 0.29) is 30.2 Å². The van der Waals surface area contributed by atoms with Gasteiger partial charge in [-0.15, -0.1) is 29.3 Å². The predicted octanol–water partition coefficient (Wildman–Crippen LogP) is 4.75. The number of hydrogen-bond donors (Lipinski definition) is 0. The van der Waals surface area contributed by atoms with E-state index >= 15 is 0 Å². The first-order valence-corrected chi connectivity index (χ1v) is 11.4. The number of carbonyl (C=O) groups excluding carboxylic acids is 2. The molecule has 0 bridgehead atoms. The van der Waals surface area contributed by atoms with Crippen LogP contribution in [0.2, 0.25) is 0 Å². The Morgan fingerprint density at radius 1 is 1.17 bits per heavy atom. The number of thiophene rings is 2. The Balaban J connectivity index is 1.61. The van der Waals surface area contributed by atoms with Crippen LogP contribution in [0.3, 0.4) is 0 Å². The minimum atomic E-state index is -0.309. The van der Waals surface area contributed by atoms with Crippen LogP contribution in [0.1, 0.15) is 31.7 Å². The molecule has 2 aromatic heterocycles. The number of hydrogen-bond acceptors (Lipinski definition) is 4. The Kier molecular flexibility index (Phi) is 6.11. The lowest BCUT2D eigenvalue weighted by Crippen LogP contribution is -2.46. The molecule has 0 saturated carbocycles. The van der Waals surface area contributed by atoms with Gasteiger partial charge in [0.1, 0.15) is 12.4 Å². The highest BCUT2D eigenvalue weighted by atomic mass is 32.1. The molecule has 3 aromatic rings. The molecule has 154 valence electrons. The molecule has 0 aliphatic carbocycles. The second-order valence-corrected chi connectivity index (χ2v) is 8.99. The molecule has 0 saturated heterocycles. The van der Waals surface area contributed by atoms with Crippen LogP contribution in [0.4, 0.5) is 4.39 Å². The number of fused-ring (bicyclic) bond motifs is 1. The minimum absolute atomic E-state index is 0.0279. The summed E-state index contributed by atoms with van der Waals surface area (Å²) in [6.07, 6.45) is 2.40. The van der Waals surface area contributed by atoms with Crippen molar-refractivity contribution in [1.29, 1.82) is 0 Å². The van der Waals surface area contributed by atoms with Crippen molar-refractivity contribution in [1.82, 2.24) is 9.80 Å². The molecule has 4 rings (SSSR count). The van der Waals surface area contributed by atoms with Gasteiger partial charge in [-0.05, 0) is 52.6 Å². The van der Waals surface area contributed by atoms with Crippen LogP contribution >= 0.6 is 22.7 Å². The first-order chi connectivity index (χ1) is 14.6. The molecule has 2 amide bonds. The molecule has 30 heavy (non-hydrogen) atoms. The molecule has 0 fully saturated rings. The average Bonchev–Trinajstić information content (AvgIpc) is 3.44. The summed E-state index contributed by atoms with van der Waals surface area (Å²) in [5.41, 5.74) is 1.94. The van der Waals surface area contributed by atoms with E-state index in [1.54, 1.807) is 40.5 Å². The maximum absolute atomic E-state index is 13.5. The standard InChI is InChI=1S/C23H21FN2O2S2/c1-2-11-25(23(28)20-4-3-13-29-20)15-21(27)26-12-9-19-18(10-14-30-19)22(26)16-5-7-17(24)8-6-16/h2-8,10,13-14,22H,1,9,11-12,15H2. The third-order valence-corrected chi connectivity index (χ3v) is 7.02. The van der Waals surface area contributed by atoms with E-state index in [4.69, 9.17) is 0 Å². The fourth-order valence-corrected chi connectivity index (χ4v) is 5.37. The average molecular weight is 441 g/mol. The number of nitrogens with zero attached hydrogens (tertiary/aromatic N) is 2. The second-order valence-electron chi connectivity index (χ2n) is 7.04. The minimum Gasteiger partial charge on any atom is -0.330 e. The Morgan fingerprint density at radius 2 is 1.97 bits per heavy atom. The van der Waals surface area contributed by atoms with Gasteiger partial charge in [-0.3, -0.25) is 9.59 Å². The molecule has 0 N–H and O–H groups in total. The van der Waals surface area contributed by atoms with Gasteiger partial charge in [-0.25, -0.2) is 4.39 Å². The first kappa shape index (κ1) is 20.5. The van der Waals surface area contributed by atoms with Gasteiger partial charge in [0.25, 0.3) is 5.91 Å². The highest BCUT2D eigenvalue weighted by Gasteiger charge is 2.34. The van der Waals surface area contributed by atoms with Crippen LogP contribution in [-0.2, 0) is 11.2 Å². The molecule has 0 radical (unpaired) electrons. The van der Waals surface area contributed by atoms with E-state index in [2.05, 4.69) is 6.58 Å². The maximum Gasteiger partial charge on any atom is 0.264 e. The summed E-state index contributed by atoms with van der Waals surface area (Å²) in [6.45, 7) is 4.55. The van der Waals surface area contributed by atoms with E-state index in [1.165, 1.54) is 33.2 Å². The number of benzene rings is 1. The maximum atomic E-state index is 13.5. The van der Waals surface area contributed by atoms with Gasteiger partial charge in [0.2, 0.25) is 5.91 Å². The molecular formula is C23H21FN2O2S2. The highest BCUT2D eigenvalue weighted by molar-refractivity contribution is 7.12. The van der Waals surface area contributed by atoms with Crippen molar-refractivity contribution >= 4 is 34.5 Å². The Morgan fingerprint density at radius 3 is 2.67 bits per heavy atom.